The van der Waals surface area contributed by atoms with E-state index in [4.69, 9.17) is 23.2 Å². The van der Waals surface area contributed by atoms with Gasteiger partial charge in [-0.1, -0.05) is 30.1 Å². The van der Waals surface area contributed by atoms with Crippen LogP contribution in [0.2, 0.25) is 10.0 Å². The summed E-state index contributed by atoms with van der Waals surface area (Å²) < 4.78 is 0. The Hall–Kier alpha value is -0.770. The second-order valence-electron chi connectivity index (χ2n) is 4.00. The average molecular weight is 275 g/mol. The molecule has 0 heterocycles. The van der Waals surface area contributed by atoms with Gasteiger partial charge >= 0.3 is 0 Å². The molecule has 1 rings (SSSR count). The summed E-state index contributed by atoms with van der Waals surface area (Å²) in [5, 5.41) is 6.80. The Labute approximate surface area is 111 Å². The maximum atomic E-state index is 11.9. The van der Waals surface area contributed by atoms with E-state index in [1.807, 2.05) is 7.05 Å². The molecule has 1 unspecified atom stereocenters. The lowest BCUT2D eigenvalue weighted by Crippen LogP contribution is -2.32. The SMILES string of the molecule is CNCC(C)CNC(=O)c1cc(Cl)ccc1Cl. The number of hydrogen-bond donors (Lipinski definition) is 2. The van der Waals surface area contributed by atoms with Crippen molar-refractivity contribution in [3.8, 4) is 0 Å². The first-order valence-electron chi connectivity index (χ1n) is 5.42. The number of halogens is 2. The molecule has 0 aliphatic carbocycles. The summed E-state index contributed by atoms with van der Waals surface area (Å²) in [5.41, 5.74) is 0.413. The van der Waals surface area contributed by atoms with Crippen LogP contribution in [0.5, 0.6) is 0 Å². The zero-order chi connectivity index (χ0) is 12.8. The topological polar surface area (TPSA) is 41.1 Å². The van der Waals surface area contributed by atoms with Crippen LogP contribution in [0.1, 0.15) is 17.3 Å². The summed E-state index contributed by atoms with van der Waals surface area (Å²) in [4.78, 5) is 11.9. The fourth-order valence-corrected chi connectivity index (χ4v) is 1.83. The Balaban J connectivity index is 2.61. The van der Waals surface area contributed by atoms with E-state index in [0.29, 0.717) is 28.1 Å². The van der Waals surface area contributed by atoms with Gasteiger partial charge in [0.25, 0.3) is 5.91 Å². The zero-order valence-corrected chi connectivity index (χ0v) is 11.4. The Morgan fingerprint density at radius 2 is 2.06 bits per heavy atom. The number of carbonyl (C=O) groups excluding carboxylic acids is 1. The third-order valence-corrected chi connectivity index (χ3v) is 2.90. The number of amides is 1. The third-order valence-electron chi connectivity index (χ3n) is 2.34. The lowest BCUT2D eigenvalue weighted by Gasteiger charge is -2.12. The Kier molecular flexibility index (Phi) is 5.75. The second-order valence-corrected chi connectivity index (χ2v) is 4.84. The second kappa shape index (κ2) is 6.84. The highest BCUT2D eigenvalue weighted by molar-refractivity contribution is 6.35. The van der Waals surface area contributed by atoms with E-state index in [1.54, 1.807) is 18.2 Å². The molecule has 0 bridgehead atoms. The van der Waals surface area contributed by atoms with Crippen LogP contribution in [0, 0.1) is 5.92 Å². The van der Waals surface area contributed by atoms with Crippen LogP contribution in [0.3, 0.4) is 0 Å². The van der Waals surface area contributed by atoms with E-state index in [0.717, 1.165) is 6.54 Å². The van der Waals surface area contributed by atoms with Crippen molar-refractivity contribution in [3.63, 3.8) is 0 Å². The minimum atomic E-state index is -0.194. The Morgan fingerprint density at radius 3 is 2.71 bits per heavy atom. The van der Waals surface area contributed by atoms with Crippen LogP contribution in [-0.4, -0.2) is 26.0 Å². The van der Waals surface area contributed by atoms with Crippen LogP contribution in [-0.2, 0) is 0 Å². The maximum absolute atomic E-state index is 11.9. The van der Waals surface area contributed by atoms with Gasteiger partial charge in [0.15, 0.2) is 0 Å². The summed E-state index contributed by atoms with van der Waals surface area (Å²) in [6, 6.07) is 4.85. The molecule has 1 aromatic rings. The molecule has 1 atom stereocenters. The van der Waals surface area contributed by atoms with Crippen molar-refractivity contribution < 1.29 is 4.79 Å². The third kappa shape index (κ3) is 4.54. The van der Waals surface area contributed by atoms with Gasteiger partial charge in [-0.2, -0.15) is 0 Å². The van der Waals surface area contributed by atoms with Crippen molar-refractivity contribution in [1.29, 1.82) is 0 Å². The molecule has 0 fully saturated rings. The first-order valence-corrected chi connectivity index (χ1v) is 6.18. The number of carbonyl (C=O) groups is 1. The molecule has 0 radical (unpaired) electrons. The molecule has 0 aliphatic heterocycles. The van der Waals surface area contributed by atoms with Gasteiger partial charge in [-0.3, -0.25) is 4.79 Å². The van der Waals surface area contributed by atoms with Gasteiger partial charge in [0.05, 0.1) is 10.6 Å². The van der Waals surface area contributed by atoms with Crippen molar-refractivity contribution >= 4 is 29.1 Å². The first-order chi connectivity index (χ1) is 8.04. The predicted octanol–water partition coefficient (Wildman–Crippen LogP) is 2.58. The summed E-state index contributed by atoms with van der Waals surface area (Å²) >= 11 is 11.8. The highest BCUT2D eigenvalue weighted by atomic mass is 35.5. The summed E-state index contributed by atoms with van der Waals surface area (Å²) in [6.45, 7) is 3.50. The van der Waals surface area contributed by atoms with Gasteiger partial charge in [-0.15, -0.1) is 0 Å². The molecule has 1 amide bonds. The van der Waals surface area contributed by atoms with Gasteiger partial charge in [-0.25, -0.2) is 0 Å². The summed E-state index contributed by atoms with van der Waals surface area (Å²) in [7, 11) is 1.88. The number of benzene rings is 1. The van der Waals surface area contributed by atoms with E-state index in [1.165, 1.54) is 0 Å². The van der Waals surface area contributed by atoms with Crippen LogP contribution >= 0.6 is 23.2 Å². The van der Waals surface area contributed by atoms with Gasteiger partial charge in [0.1, 0.15) is 0 Å². The molecule has 1 aromatic carbocycles. The summed E-state index contributed by atoms with van der Waals surface area (Å²) in [6.07, 6.45) is 0. The molecule has 2 N–H and O–H groups in total. The van der Waals surface area contributed by atoms with E-state index in [9.17, 15) is 4.79 Å². The van der Waals surface area contributed by atoms with Crippen molar-refractivity contribution in [2.75, 3.05) is 20.1 Å². The van der Waals surface area contributed by atoms with Gasteiger partial charge in [0, 0.05) is 11.6 Å². The molecule has 17 heavy (non-hydrogen) atoms. The first kappa shape index (κ1) is 14.3. The molecule has 5 heteroatoms. The largest absolute Gasteiger partial charge is 0.352 e. The molecular formula is C12H16Cl2N2O. The zero-order valence-electron chi connectivity index (χ0n) is 9.89. The highest BCUT2D eigenvalue weighted by Gasteiger charge is 2.11. The maximum Gasteiger partial charge on any atom is 0.252 e. The smallest absolute Gasteiger partial charge is 0.252 e. The molecule has 3 nitrogen and oxygen atoms in total. The molecule has 0 aromatic heterocycles. The van der Waals surface area contributed by atoms with Gasteiger partial charge < -0.3 is 10.6 Å². The van der Waals surface area contributed by atoms with E-state index in [-0.39, 0.29) is 5.91 Å². The van der Waals surface area contributed by atoms with Crippen LogP contribution in [0.4, 0.5) is 0 Å². The molecular weight excluding hydrogens is 259 g/mol. The number of rotatable bonds is 5. The van der Waals surface area contributed by atoms with Crippen LogP contribution in [0.25, 0.3) is 0 Å². The lowest BCUT2D eigenvalue weighted by atomic mass is 10.1. The van der Waals surface area contributed by atoms with Crippen molar-refractivity contribution in [2.45, 2.75) is 6.92 Å². The van der Waals surface area contributed by atoms with Crippen molar-refractivity contribution in [2.24, 2.45) is 5.92 Å². The predicted molar refractivity (Wildman–Crippen MR) is 71.9 cm³/mol. The van der Waals surface area contributed by atoms with E-state index < -0.39 is 0 Å². The van der Waals surface area contributed by atoms with Crippen molar-refractivity contribution in [1.82, 2.24) is 10.6 Å². The number of hydrogen-bond acceptors (Lipinski definition) is 2. The Morgan fingerprint density at radius 1 is 1.35 bits per heavy atom. The molecule has 0 aliphatic rings. The molecule has 94 valence electrons. The normalized spacial score (nSPS) is 12.2. The fourth-order valence-electron chi connectivity index (χ4n) is 1.45. The summed E-state index contributed by atoms with van der Waals surface area (Å²) in [5.74, 6) is 0.169. The van der Waals surface area contributed by atoms with E-state index >= 15 is 0 Å². The monoisotopic (exact) mass is 274 g/mol. The molecule has 0 saturated carbocycles. The van der Waals surface area contributed by atoms with Gasteiger partial charge in [0.2, 0.25) is 0 Å². The standard InChI is InChI=1S/C12H16Cl2N2O/c1-8(6-15-2)7-16-12(17)10-5-9(13)3-4-11(10)14/h3-5,8,15H,6-7H2,1-2H3,(H,16,17). The lowest BCUT2D eigenvalue weighted by molar-refractivity contribution is 0.0948. The van der Waals surface area contributed by atoms with Crippen LogP contribution < -0.4 is 10.6 Å². The Bertz CT molecular complexity index is 396. The quantitative estimate of drug-likeness (QED) is 0.867. The van der Waals surface area contributed by atoms with E-state index in [2.05, 4.69) is 17.6 Å². The highest BCUT2D eigenvalue weighted by Crippen LogP contribution is 2.20. The van der Waals surface area contributed by atoms with Crippen molar-refractivity contribution in [3.05, 3.63) is 33.8 Å². The molecule has 0 spiro atoms. The van der Waals surface area contributed by atoms with Crippen LogP contribution in [0.15, 0.2) is 18.2 Å². The fraction of sp³-hybridized carbons (Fsp3) is 0.417. The minimum Gasteiger partial charge on any atom is -0.352 e. The average Bonchev–Trinajstić information content (AvgIpc) is 2.29. The minimum absolute atomic E-state index is 0.194. The van der Waals surface area contributed by atoms with Gasteiger partial charge in [-0.05, 0) is 37.7 Å². The number of nitrogens with one attached hydrogen (secondary N) is 2. The molecule has 0 saturated heterocycles.